The molecule has 0 radical (unpaired) electrons. The maximum Gasteiger partial charge on any atom is 0.350 e. The van der Waals surface area contributed by atoms with Crippen LogP contribution in [0.5, 0.6) is 0 Å². The molecule has 0 unspecified atom stereocenters. The van der Waals surface area contributed by atoms with E-state index in [4.69, 9.17) is 9.47 Å². The van der Waals surface area contributed by atoms with E-state index < -0.39 is 0 Å². The molecule has 19 heavy (non-hydrogen) atoms. The Hall–Kier alpha value is -1.14. The summed E-state index contributed by atoms with van der Waals surface area (Å²) in [4.78, 5) is 16.4. The van der Waals surface area contributed by atoms with Crippen LogP contribution in [0.3, 0.4) is 0 Å². The molecule has 1 aromatic heterocycles. The zero-order valence-corrected chi connectivity index (χ0v) is 12.4. The number of carbonyl (C=O) groups excluding carboxylic acids is 1. The van der Waals surface area contributed by atoms with Crippen molar-refractivity contribution in [2.24, 2.45) is 5.41 Å². The number of aryl methyl sites for hydroxylation is 1. The van der Waals surface area contributed by atoms with Crippen LogP contribution in [0.25, 0.3) is 0 Å². The lowest BCUT2D eigenvalue weighted by atomic mass is 10.0. The lowest BCUT2D eigenvalue weighted by molar-refractivity contribution is 0.0605. The van der Waals surface area contributed by atoms with E-state index in [-0.39, 0.29) is 5.97 Å². The Bertz CT molecular complexity index is 455. The summed E-state index contributed by atoms with van der Waals surface area (Å²) in [5, 5.41) is 4.13. The third-order valence-corrected chi connectivity index (χ3v) is 4.67. The summed E-state index contributed by atoms with van der Waals surface area (Å²) >= 11 is 1.36. The second kappa shape index (κ2) is 5.88. The Kier molecular flexibility index (Phi) is 4.42. The van der Waals surface area contributed by atoms with Gasteiger partial charge in [-0.1, -0.05) is 11.3 Å². The van der Waals surface area contributed by atoms with E-state index in [0.717, 1.165) is 30.4 Å². The molecule has 0 bridgehead atoms. The molecular weight excluding hydrogens is 264 g/mol. The van der Waals surface area contributed by atoms with Crippen molar-refractivity contribution in [3.8, 4) is 0 Å². The van der Waals surface area contributed by atoms with E-state index >= 15 is 0 Å². The molecule has 0 amide bonds. The van der Waals surface area contributed by atoms with Crippen LogP contribution in [0.4, 0.5) is 5.13 Å². The fourth-order valence-electron chi connectivity index (χ4n) is 2.03. The van der Waals surface area contributed by atoms with Gasteiger partial charge in [-0.3, -0.25) is 0 Å². The second-order valence-corrected chi connectivity index (χ2v) is 6.02. The first-order chi connectivity index (χ1) is 9.10. The van der Waals surface area contributed by atoms with Gasteiger partial charge in [-0.05, 0) is 31.6 Å². The third-order valence-electron chi connectivity index (χ3n) is 3.58. The highest BCUT2D eigenvalue weighted by Gasteiger charge is 2.41. The minimum Gasteiger partial charge on any atom is -0.465 e. The molecule has 0 aromatic carbocycles. The number of methoxy groups -OCH3 is 2. The summed E-state index contributed by atoms with van der Waals surface area (Å²) in [7, 11) is 3.12. The normalized spacial score (nSPS) is 16.2. The lowest BCUT2D eigenvalue weighted by Crippen LogP contribution is -2.17. The van der Waals surface area contributed by atoms with Crippen LogP contribution in [-0.2, 0) is 9.47 Å². The lowest BCUT2D eigenvalue weighted by Gasteiger charge is -2.14. The highest BCUT2D eigenvalue weighted by atomic mass is 32.1. The molecular formula is C13H20N2O3S. The van der Waals surface area contributed by atoms with Crippen LogP contribution >= 0.6 is 11.3 Å². The van der Waals surface area contributed by atoms with E-state index in [1.807, 2.05) is 6.92 Å². The number of carbonyl (C=O) groups is 1. The average molecular weight is 284 g/mol. The number of nitrogens with one attached hydrogen (secondary N) is 1. The van der Waals surface area contributed by atoms with E-state index in [1.165, 1.54) is 31.3 Å². The van der Waals surface area contributed by atoms with E-state index in [2.05, 4.69) is 10.3 Å². The maximum absolute atomic E-state index is 11.5. The predicted molar refractivity (Wildman–Crippen MR) is 74.8 cm³/mol. The van der Waals surface area contributed by atoms with Crippen LogP contribution < -0.4 is 5.32 Å². The molecule has 2 rings (SSSR count). The van der Waals surface area contributed by atoms with E-state index in [1.54, 1.807) is 7.11 Å². The molecule has 5 nitrogen and oxygen atoms in total. The SMILES string of the molecule is COCCC1(CNc2nc(C)c(C(=O)OC)s2)CC1. The molecule has 106 valence electrons. The zero-order chi connectivity index (χ0) is 13.9. The van der Waals surface area contributed by atoms with Gasteiger partial charge in [-0.15, -0.1) is 0 Å². The topological polar surface area (TPSA) is 60.5 Å². The molecule has 1 aromatic rings. The highest BCUT2D eigenvalue weighted by molar-refractivity contribution is 7.17. The van der Waals surface area contributed by atoms with Gasteiger partial charge in [-0.2, -0.15) is 0 Å². The molecule has 0 atom stereocenters. The fourth-order valence-corrected chi connectivity index (χ4v) is 2.91. The standard InChI is InChI=1S/C13H20N2O3S/c1-9-10(11(16)18-3)19-12(15-9)14-8-13(4-5-13)6-7-17-2/h4-8H2,1-3H3,(H,14,15). The van der Waals surface area contributed by atoms with Gasteiger partial charge in [0.25, 0.3) is 0 Å². The summed E-state index contributed by atoms with van der Waals surface area (Å²) in [6.45, 7) is 3.52. The van der Waals surface area contributed by atoms with E-state index in [9.17, 15) is 4.79 Å². The number of ether oxygens (including phenoxy) is 2. The summed E-state index contributed by atoms with van der Waals surface area (Å²) in [6, 6.07) is 0. The molecule has 1 saturated carbocycles. The van der Waals surface area contributed by atoms with Crippen LogP contribution in [0, 0.1) is 12.3 Å². The van der Waals surface area contributed by atoms with Crippen molar-refractivity contribution in [3.05, 3.63) is 10.6 Å². The number of aromatic nitrogens is 1. The summed E-state index contributed by atoms with van der Waals surface area (Å²) in [5.41, 5.74) is 1.09. The Morgan fingerprint density at radius 3 is 2.79 bits per heavy atom. The molecule has 0 spiro atoms. The molecule has 0 saturated heterocycles. The first-order valence-corrected chi connectivity index (χ1v) is 7.20. The van der Waals surface area contributed by atoms with Crippen molar-refractivity contribution in [1.82, 2.24) is 4.98 Å². The van der Waals surface area contributed by atoms with Crippen molar-refractivity contribution in [3.63, 3.8) is 0 Å². The van der Waals surface area contributed by atoms with Gasteiger partial charge in [-0.25, -0.2) is 9.78 Å². The van der Waals surface area contributed by atoms with Crippen LogP contribution in [0.15, 0.2) is 0 Å². The largest absolute Gasteiger partial charge is 0.465 e. The highest BCUT2D eigenvalue weighted by Crippen LogP contribution is 2.48. The smallest absolute Gasteiger partial charge is 0.350 e. The van der Waals surface area contributed by atoms with Crippen LogP contribution in [-0.4, -0.2) is 38.3 Å². The summed E-state index contributed by atoms with van der Waals surface area (Å²) < 4.78 is 9.87. The minimum absolute atomic E-state index is 0.316. The number of nitrogens with zero attached hydrogens (tertiary/aromatic N) is 1. The maximum atomic E-state index is 11.5. The van der Waals surface area contributed by atoms with Gasteiger partial charge in [0.05, 0.1) is 12.8 Å². The quantitative estimate of drug-likeness (QED) is 0.779. The zero-order valence-electron chi connectivity index (χ0n) is 11.6. The number of hydrogen-bond donors (Lipinski definition) is 1. The van der Waals surface area contributed by atoms with Gasteiger partial charge in [0.2, 0.25) is 0 Å². The van der Waals surface area contributed by atoms with Gasteiger partial charge in [0.15, 0.2) is 5.13 Å². The van der Waals surface area contributed by atoms with Crippen molar-refractivity contribution in [2.75, 3.05) is 32.7 Å². The van der Waals surface area contributed by atoms with Crippen molar-refractivity contribution in [2.45, 2.75) is 26.2 Å². The van der Waals surface area contributed by atoms with Crippen molar-refractivity contribution in [1.29, 1.82) is 0 Å². The molecule has 1 aliphatic carbocycles. The summed E-state index contributed by atoms with van der Waals surface area (Å²) in [6.07, 6.45) is 3.54. The number of anilines is 1. The third kappa shape index (κ3) is 3.45. The molecule has 1 heterocycles. The molecule has 0 aliphatic heterocycles. The van der Waals surface area contributed by atoms with E-state index in [0.29, 0.717) is 10.3 Å². The van der Waals surface area contributed by atoms with Gasteiger partial charge < -0.3 is 14.8 Å². The Labute approximate surface area is 117 Å². The summed E-state index contributed by atoms with van der Waals surface area (Å²) in [5.74, 6) is -0.316. The minimum atomic E-state index is -0.316. The monoisotopic (exact) mass is 284 g/mol. The first-order valence-electron chi connectivity index (χ1n) is 6.39. The number of thiazole rings is 1. The van der Waals surface area contributed by atoms with Gasteiger partial charge >= 0.3 is 5.97 Å². The Morgan fingerprint density at radius 2 is 2.21 bits per heavy atom. The van der Waals surface area contributed by atoms with Gasteiger partial charge in [0, 0.05) is 20.3 Å². The number of esters is 1. The molecule has 6 heteroatoms. The molecule has 1 fully saturated rings. The Balaban J connectivity index is 1.92. The van der Waals surface area contributed by atoms with Crippen molar-refractivity contribution >= 4 is 22.4 Å². The van der Waals surface area contributed by atoms with Crippen LogP contribution in [0.1, 0.15) is 34.6 Å². The fraction of sp³-hybridized carbons (Fsp3) is 0.692. The first kappa shape index (κ1) is 14.3. The van der Waals surface area contributed by atoms with Crippen LogP contribution in [0.2, 0.25) is 0 Å². The number of rotatable bonds is 7. The Morgan fingerprint density at radius 1 is 1.47 bits per heavy atom. The predicted octanol–water partition coefficient (Wildman–Crippen LogP) is 2.47. The van der Waals surface area contributed by atoms with Gasteiger partial charge in [0.1, 0.15) is 4.88 Å². The molecule has 1 aliphatic rings. The molecule has 1 N–H and O–H groups in total. The average Bonchev–Trinajstić information content (AvgIpc) is 3.09. The van der Waals surface area contributed by atoms with Crippen molar-refractivity contribution < 1.29 is 14.3 Å². The number of hydrogen-bond acceptors (Lipinski definition) is 6. The second-order valence-electron chi connectivity index (χ2n) is 5.02.